The van der Waals surface area contributed by atoms with E-state index < -0.39 is 0 Å². The van der Waals surface area contributed by atoms with E-state index in [-0.39, 0.29) is 12.2 Å². The number of carbonyl (C=O) groups excluding carboxylic acids is 1. The zero-order valence-corrected chi connectivity index (χ0v) is 17.9. The average Bonchev–Trinajstić information content (AvgIpc) is 2.57. The first-order valence-electron chi connectivity index (χ1n) is 11.0. The van der Waals surface area contributed by atoms with Crippen molar-refractivity contribution in [2.75, 3.05) is 20.6 Å². The molecule has 0 bridgehead atoms. The molecule has 0 fully saturated rings. The second-order valence-corrected chi connectivity index (χ2v) is 8.14. The summed E-state index contributed by atoms with van der Waals surface area (Å²) in [6.07, 6.45) is 17.0. The first kappa shape index (κ1) is 24.4. The number of ether oxygens (including phenoxy) is 1. The van der Waals surface area contributed by atoms with Gasteiger partial charge in [0, 0.05) is 12.8 Å². The van der Waals surface area contributed by atoms with Crippen LogP contribution in [0.4, 0.5) is 0 Å². The highest BCUT2D eigenvalue weighted by molar-refractivity contribution is 5.69. The third kappa shape index (κ3) is 13.3. The van der Waals surface area contributed by atoms with Crippen molar-refractivity contribution in [2.45, 2.75) is 117 Å². The van der Waals surface area contributed by atoms with Gasteiger partial charge >= 0.3 is 5.97 Å². The van der Waals surface area contributed by atoms with Gasteiger partial charge in [-0.2, -0.15) is 0 Å². The predicted molar refractivity (Wildman–Crippen MR) is 109 cm³/mol. The van der Waals surface area contributed by atoms with Crippen molar-refractivity contribution < 1.29 is 14.0 Å². The highest BCUT2D eigenvalue weighted by atomic mass is 16.6. The Bertz CT molecular complexity index is 315. The van der Waals surface area contributed by atoms with Crippen LogP contribution in [0.2, 0.25) is 0 Å². The summed E-state index contributed by atoms with van der Waals surface area (Å²) in [5, 5.41) is 0. The summed E-state index contributed by atoms with van der Waals surface area (Å²) in [5.41, 5.74) is 0. The van der Waals surface area contributed by atoms with E-state index in [1.807, 2.05) is 0 Å². The molecule has 1 atom stereocenters. The van der Waals surface area contributed by atoms with E-state index in [1.54, 1.807) is 0 Å². The predicted octanol–water partition coefficient (Wildman–Crippen LogP) is 6.45. The fourth-order valence-electron chi connectivity index (χ4n) is 3.58. The molecule has 150 valence electrons. The Hall–Kier alpha value is -0.570. The van der Waals surface area contributed by atoms with Crippen molar-refractivity contribution in [1.82, 2.24) is 0 Å². The van der Waals surface area contributed by atoms with Gasteiger partial charge in [-0.25, -0.2) is 0 Å². The molecule has 1 unspecified atom stereocenters. The van der Waals surface area contributed by atoms with E-state index in [0.29, 0.717) is 6.42 Å². The number of unbranched alkanes of at least 4 members (excludes halogenated alkanes) is 10. The number of carbonyl (C=O) groups is 1. The number of hydrogen-bond acceptors (Lipinski definition) is 2. The Morgan fingerprint density at radius 1 is 0.760 bits per heavy atom. The summed E-state index contributed by atoms with van der Waals surface area (Å²) < 4.78 is 6.52. The molecule has 0 spiro atoms. The van der Waals surface area contributed by atoms with E-state index in [4.69, 9.17) is 4.74 Å². The smallest absolute Gasteiger partial charge is 0.310 e. The lowest BCUT2D eigenvalue weighted by molar-refractivity contribution is -0.935. The minimum absolute atomic E-state index is 0.000147. The van der Waals surface area contributed by atoms with Crippen LogP contribution < -0.4 is 0 Å². The van der Waals surface area contributed by atoms with Crippen molar-refractivity contribution in [1.29, 1.82) is 0 Å². The third-order valence-electron chi connectivity index (χ3n) is 5.18. The summed E-state index contributed by atoms with van der Waals surface area (Å²) in [6.45, 7) is 7.60. The quantitative estimate of drug-likeness (QED) is 0.129. The molecule has 0 saturated heterocycles. The first-order chi connectivity index (χ1) is 12.0. The number of quaternary nitrogens is 1. The zero-order chi connectivity index (χ0) is 19.0. The standard InChI is InChI=1S/C22H46NO2/c1-6-9-10-11-12-13-14-15-16-17-18-19-22(24)25-21(8-3)23(4,5)20-7-2/h21H,6-20H2,1-5H3/q+1. The third-order valence-corrected chi connectivity index (χ3v) is 5.18. The summed E-state index contributed by atoms with van der Waals surface area (Å²) in [6, 6.07) is 0. The Balaban J connectivity index is 3.63. The van der Waals surface area contributed by atoms with Crippen molar-refractivity contribution in [3.63, 3.8) is 0 Å². The highest BCUT2D eigenvalue weighted by Crippen LogP contribution is 2.16. The minimum atomic E-state index is -0.00919. The molecule has 0 N–H and O–H groups in total. The molecule has 0 rings (SSSR count). The van der Waals surface area contributed by atoms with Gasteiger partial charge in [-0.05, 0) is 12.8 Å². The van der Waals surface area contributed by atoms with Gasteiger partial charge in [0.05, 0.1) is 20.6 Å². The fourth-order valence-corrected chi connectivity index (χ4v) is 3.58. The molecular formula is C22H46NO2+. The molecule has 0 aromatic rings. The lowest BCUT2D eigenvalue weighted by atomic mass is 10.1. The molecule has 0 aliphatic rings. The van der Waals surface area contributed by atoms with Gasteiger partial charge in [-0.1, -0.05) is 85.0 Å². The Kier molecular flexibility index (Phi) is 15.3. The molecule has 3 heteroatoms. The largest absolute Gasteiger partial charge is 0.412 e. The van der Waals surface area contributed by atoms with Crippen LogP contribution in [-0.4, -0.2) is 37.3 Å². The van der Waals surface area contributed by atoms with Crippen LogP contribution in [0, 0.1) is 0 Å². The molecule has 0 aromatic heterocycles. The summed E-state index contributed by atoms with van der Waals surface area (Å²) in [7, 11) is 4.32. The van der Waals surface area contributed by atoms with Crippen LogP contribution in [-0.2, 0) is 9.53 Å². The van der Waals surface area contributed by atoms with E-state index in [0.717, 1.165) is 36.7 Å². The van der Waals surface area contributed by atoms with E-state index in [2.05, 4.69) is 34.9 Å². The van der Waals surface area contributed by atoms with Crippen molar-refractivity contribution in [2.24, 2.45) is 0 Å². The van der Waals surface area contributed by atoms with E-state index >= 15 is 0 Å². The van der Waals surface area contributed by atoms with Crippen LogP contribution in [0.3, 0.4) is 0 Å². The molecule has 0 aromatic carbocycles. The van der Waals surface area contributed by atoms with Crippen LogP contribution in [0.25, 0.3) is 0 Å². The van der Waals surface area contributed by atoms with E-state index in [1.165, 1.54) is 57.8 Å². The normalized spacial score (nSPS) is 13.0. The lowest BCUT2D eigenvalue weighted by Gasteiger charge is -2.36. The van der Waals surface area contributed by atoms with Crippen molar-refractivity contribution in [3.05, 3.63) is 0 Å². The van der Waals surface area contributed by atoms with Gasteiger partial charge in [-0.15, -0.1) is 0 Å². The van der Waals surface area contributed by atoms with Gasteiger partial charge in [-0.3, -0.25) is 9.28 Å². The Labute approximate surface area is 158 Å². The van der Waals surface area contributed by atoms with Gasteiger partial charge in [0.2, 0.25) is 6.23 Å². The van der Waals surface area contributed by atoms with E-state index in [9.17, 15) is 4.79 Å². The number of esters is 1. The topological polar surface area (TPSA) is 26.3 Å². The molecule has 3 nitrogen and oxygen atoms in total. The van der Waals surface area contributed by atoms with Crippen LogP contribution in [0.5, 0.6) is 0 Å². The lowest BCUT2D eigenvalue weighted by Crippen LogP contribution is -2.51. The van der Waals surface area contributed by atoms with Gasteiger partial charge in [0.15, 0.2) is 0 Å². The molecule has 0 aliphatic heterocycles. The molecule has 0 saturated carbocycles. The molecule has 0 heterocycles. The summed E-state index contributed by atoms with van der Waals surface area (Å²) in [5.74, 6) is -0.00919. The second kappa shape index (κ2) is 15.7. The maximum absolute atomic E-state index is 12.1. The average molecular weight is 357 g/mol. The highest BCUT2D eigenvalue weighted by Gasteiger charge is 2.28. The van der Waals surface area contributed by atoms with Gasteiger partial charge in [0.1, 0.15) is 0 Å². The second-order valence-electron chi connectivity index (χ2n) is 8.14. The maximum atomic E-state index is 12.1. The first-order valence-corrected chi connectivity index (χ1v) is 11.0. The summed E-state index contributed by atoms with van der Waals surface area (Å²) in [4.78, 5) is 12.1. The van der Waals surface area contributed by atoms with Crippen LogP contribution in [0.1, 0.15) is 111 Å². The Morgan fingerprint density at radius 3 is 1.68 bits per heavy atom. The SMILES string of the molecule is CCCCCCCCCCCCCC(=O)OC(CC)[N+](C)(C)CCC. The zero-order valence-electron chi connectivity index (χ0n) is 17.9. The molecule has 0 amide bonds. The van der Waals surface area contributed by atoms with Crippen molar-refractivity contribution >= 4 is 5.97 Å². The fraction of sp³-hybridized carbons (Fsp3) is 0.955. The van der Waals surface area contributed by atoms with Gasteiger partial charge < -0.3 is 4.74 Å². The Morgan fingerprint density at radius 2 is 1.24 bits per heavy atom. The number of rotatable bonds is 17. The molecular weight excluding hydrogens is 310 g/mol. The van der Waals surface area contributed by atoms with Gasteiger partial charge in [0.25, 0.3) is 0 Å². The molecule has 0 radical (unpaired) electrons. The molecule has 0 aliphatic carbocycles. The maximum Gasteiger partial charge on any atom is 0.310 e. The number of nitrogens with zero attached hydrogens (tertiary/aromatic N) is 1. The molecule has 25 heavy (non-hydrogen) atoms. The van der Waals surface area contributed by atoms with Crippen molar-refractivity contribution in [3.8, 4) is 0 Å². The van der Waals surface area contributed by atoms with Crippen LogP contribution in [0.15, 0.2) is 0 Å². The number of hydrogen-bond donors (Lipinski definition) is 0. The monoisotopic (exact) mass is 356 g/mol. The van der Waals surface area contributed by atoms with Crippen LogP contribution >= 0.6 is 0 Å². The minimum Gasteiger partial charge on any atom is -0.412 e. The summed E-state index contributed by atoms with van der Waals surface area (Å²) >= 11 is 0.